The molecule has 98 valence electrons. The maximum atomic E-state index is 5.47. The number of hydrogen-bond acceptors (Lipinski definition) is 4. The van der Waals surface area contributed by atoms with Crippen LogP contribution in [0.15, 0.2) is 23.4 Å². The number of rotatable bonds is 7. The maximum Gasteiger partial charge on any atom is 0.166 e. The molecule has 3 nitrogen and oxygen atoms in total. The molecule has 1 aromatic carbocycles. The number of thioether (sulfide) groups is 1. The number of fused-ring (bicyclic) bond motifs is 1. The number of ether oxygens (including phenoxy) is 1. The zero-order valence-electron chi connectivity index (χ0n) is 10.5. The minimum Gasteiger partial charge on any atom is -0.494 e. The van der Waals surface area contributed by atoms with Gasteiger partial charge in [0.05, 0.1) is 17.6 Å². The summed E-state index contributed by atoms with van der Waals surface area (Å²) in [5.74, 6) is 2.93. The molecule has 5 heteroatoms. The lowest BCUT2D eigenvalue weighted by Gasteiger charge is -2.00. The second kappa shape index (κ2) is 6.95. The molecule has 0 aliphatic rings. The minimum atomic E-state index is 0.685. The van der Waals surface area contributed by atoms with Gasteiger partial charge in [-0.3, -0.25) is 0 Å². The number of aromatic amines is 1. The molecule has 2 rings (SSSR count). The zero-order valence-corrected chi connectivity index (χ0v) is 12.2. The average molecular weight is 282 g/mol. The third-order valence-corrected chi connectivity index (χ3v) is 3.81. The molecule has 2 aromatic rings. The molecule has 0 aliphatic heterocycles. The molecule has 18 heavy (non-hydrogen) atoms. The molecule has 1 N–H and O–H groups in total. The van der Waals surface area contributed by atoms with Gasteiger partial charge in [0.15, 0.2) is 5.16 Å². The second-order valence-electron chi connectivity index (χ2n) is 3.93. The normalized spacial score (nSPS) is 11.0. The Morgan fingerprint density at radius 1 is 1.39 bits per heavy atom. The summed E-state index contributed by atoms with van der Waals surface area (Å²) in [6.07, 6.45) is 2.33. The van der Waals surface area contributed by atoms with Gasteiger partial charge >= 0.3 is 0 Å². The van der Waals surface area contributed by atoms with Crippen molar-refractivity contribution in [3.63, 3.8) is 0 Å². The van der Waals surface area contributed by atoms with E-state index in [4.69, 9.17) is 4.74 Å². The number of unbranched alkanes of at least 4 members (excludes halogenated alkanes) is 1. The molecule has 0 saturated heterocycles. The van der Waals surface area contributed by atoms with Crippen LogP contribution in [0.1, 0.15) is 19.8 Å². The molecular weight excluding hydrogens is 264 g/mol. The van der Waals surface area contributed by atoms with Crippen LogP contribution in [0.3, 0.4) is 0 Å². The van der Waals surface area contributed by atoms with Crippen molar-refractivity contribution in [3.8, 4) is 5.75 Å². The highest BCUT2D eigenvalue weighted by Crippen LogP contribution is 2.23. The molecule has 0 radical (unpaired) electrons. The van der Waals surface area contributed by atoms with Crippen LogP contribution < -0.4 is 4.74 Å². The SMILES string of the molecule is CCOc1ccc2nc(SCCCCS)[nH]c2c1. The highest BCUT2D eigenvalue weighted by molar-refractivity contribution is 7.99. The fourth-order valence-corrected chi connectivity index (χ4v) is 2.78. The summed E-state index contributed by atoms with van der Waals surface area (Å²) >= 11 is 5.97. The molecule has 0 amide bonds. The van der Waals surface area contributed by atoms with E-state index >= 15 is 0 Å². The molecule has 1 aromatic heterocycles. The predicted molar refractivity (Wildman–Crippen MR) is 81.1 cm³/mol. The third kappa shape index (κ3) is 3.59. The van der Waals surface area contributed by atoms with Crippen molar-refractivity contribution in [2.75, 3.05) is 18.1 Å². The first-order valence-corrected chi connectivity index (χ1v) is 7.81. The summed E-state index contributed by atoms with van der Waals surface area (Å²) in [6.45, 7) is 2.67. The van der Waals surface area contributed by atoms with E-state index in [1.54, 1.807) is 11.8 Å². The Balaban J connectivity index is 2.02. The van der Waals surface area contributed by atoms with Crippen molar-refractivity contribution in [1.29, 1.82) is 0 Å². The van der Waals surface area contributed by atoms with E-state index in [0.29, 0.717) is 6.61 Å². The molecule has 0 saturated carbocycles. The smallest absolute Gasteiger partial charge is 0.166 e. The van der Waals surface area contributed by atoms with Gasteiger partial charge in [-0.25, -0.2) is 4.98 Å². The van der Waals surface area contributed by atoms with Gasteiger partial charge in [-0.15, -0.1) is 0 Å². The Labute approximate surface area is 117 Å². The number of H-pyrrole nitrogens is 1. The first-order valence-electron chi connectivity index (χ1n) is 6.19. The van der Waals surface area contributed by atoms with E-state index in [-0.39, 0.29) is 0 Å². The Bertz CT molecular complexity index is 499. The predicted octanol–water partition coefficient (Wildman–Crippen LogP) is 3.76. The molecule has 0 atom stereocenters. The summed E-state index contributed by atoms with van der Waals surface area (Å²) in [5, 5.41) is 0.984. The summed E-state index contributed by atoms with van der Waals surface area (Å²) in [6, 6.07) is 5.96. The van der Waals surface area contributed by atoms with Gasteiger partial charge in [-0.2, -0.15) is 12.6 Å². The Morgan fingerprint density at radius 3 is 3.06 bits per heavy atom. The first-order chi connectivity index (χ1) is 8.83. The van der Waals surface area contributed by atoms with Gasteiger partial charge in [0, 0.05) is 11.8 Å². The van der Waals surface area contributed by atoms with Crippen LogP contribution in [0.5, 0.6) is 5.75 Å². The van der Waals surface area contributed by atoms with Crippen molar-refractivity contribution in [2.24, 2.45) is 0 Å². The number of aromatic nitrogens is 2. The van der Waals surface area contributed by atoms with E-state index in [0.717, 1.165) is 39.9 Å². The van der Waals surface area contributed by atoms with E-state index < -0.39 is 0 Å². The van der Waals surface area contributed by atoms with Crippen LogP contribution in [0.2, 0.25) is 0 Å². The Kier molecular flexibility index (Phi) is 5.26. The fraction of sp³-hybridized carbons (Fsp3) is 0.462. The number of benzene rings is 1. The van der Waals surface area contributed by atoms with E-state index in [9.17, 15) is 0 Å². The lowest BCUT2D eigenvalue weighted by molar-refractivity contribution is 0.340. The van der Waals surface area contributed by atoms with Crippen molar-refractivity contribution in [3.05, 3.63) is 18.2 Å². The van der Waals surface area contributed by atoms with E-state index in [1.807, 2.05) is 25.1 Å². The number of hydrogen-bond donors (Lipinski definition) is 2. The maximum absolute atomic E-state index is 5.47. The number of thiol groups is 1. The molecule has 0 aliphatic carbocycles. The Morgan fingerprint density at radius 2 is 2.28 bits per heavy atom. The van der Waals surface area contributed by atoms with Crippen molar-refractivity contribution in [2.45, 2.75) is 24.9 Å². The van der Waals surface area contributed by atoms with Crippen molar-refractivity contribution < 1.29 is 4.74 Å². The van der Waals surface area contributed by atoms with Crippen LogP contribution in [-0.2, 0) is 0 Å². The number of imidazole rings is 1. The second-order valence-corrected chi connectivity index (χ2v) is 5.46. The highest BCUT2D eigenvalue weighted by atomic mass is 32.2. The lowest BCUT2D eigenvalue weighted by Crippen LogP contribution is -1.90. The van der Waals surface area contributed by atoms with Crippen LogP contribution in [-0.4, -0.2) is 28.1 Å². The van der Waals surface area contributed by atoms with Crippen molar-refractivity contribution >= 4 is 35.4 Å². The zero-order chi connectivity index (χ0) is 12.8. The molecule has 0 fully saturated rings. The quantitative estimate of drug-likeness (QED) is 0.461. The van der Waals surface area contributed by atoms with Gasteiger partial charge < -0.3 is 9.72 Å². The van der Waals surface area contributed by atoms with E-state index in [2.05, 4.69) is 22.6 Å². The van der Waals surface area contributed by atoms with Gasteiger partial charge in [0.25, 0.3) is 0 Å². The van der Waals surface area contributed by atoms with Crippen LogP contribution >= 0.6 is 24.4 Å². The standard InChI is InChI=1S/C13H18N2OS2/c1-2-16-10-5-6-11-12(9-10)15-13(14-11)18-8-4-3-7-17/h5-6,9,17H,2-4,7-8H2,1H3,(H,14,15). The van der Waals surface area contributed by atoms with Crippen LogP contribution in [0.4, 0.5) is 0 Å². The molecule has 0 unspecified atom stereocenters. The molecule has 0 spiro atoms. The lowest BCUT2D eigenvalue weighted by atomic mass is 10.3. The van der Waals surface area contributed by atoms with Gasteiger partial charge in [-0.1, -0.05) is 11.8 Å². The van der Waals surface area contributed by atoms with Crippen LogP contribution in [0, 0.1) is 0 Å². The minimum absolute atomic E-state index is 0.685. The summed E-state index contributed by atoms with van der Waals surface area (Å²) < 4.78 is 5.47. The van der Waals surface area contributed by atoms with Gasteiger partial charge in [-0.05, 0) is 37.7 Å². The molecule has 0 bridgehead atoms. The first kappa shape index (κ1) is 13.6. The van der Waals surface area contributed by atoms with Gasteiger partial charge in [0.2, 0.25) is 0 Å². The summed E-state index contributed by atoms with van der Waals surface area (Å²) in [5.41, 5.74) is 2.03. The summed E-state index contributed by atoms with van der Waals surface area (Å²) in [4.78, 5) is 7.87. The largest absolute Gasteiger partial charge is 0.494 e. The van der Waals surface area contributed by atoms with E-state index in [1.165, 1.54) is 6.42 Å². The Hall–Kier alpha value is -0.810. The topological polar surface area (TPSA) is 37.9 Å². The monoisotopic (exact) mass is 282 g/mol. The highest BCUT2D eigenvalue weighted by Gasteiger charge is 2.04. The average Bonchev–Trinajstić information content (AvgIpc) is 2.77. The number of nitrogens with zero attached hydrogens (tertiary/aromatic N) is 1. The van der Waals surface area contributed by atoms with Gasteiger partial charge in [0.1, 0.15) is 5.75 Å². The molecular formula is C13H18N2OS2. The fourth-order valence-electron chi connectivity index (χ4n) is 1.67. The van der Waals surface area contributed by atoms with Crippen LogP contribution in [0.25, 0.3) is 11.0 Å². The van der Waals surface area contributed by atoms with Crippen molar-refractivity contribution in [1.82, 2.24) is 9.97 Å². The number of nitrogens with one attached hydrogen (secondary N) is 1. The molecule has 1 heterocycles. The summed E-state index contributed by atoms with van der Waals surface area (Å²) in [7, 11) is 0. The third-order valence-electron chi connectivity index (χ3n) is 2.53.